The van der Waals surface area contributed by atoms with E-state index in [-0.39, 0.29) is 11.8 Å². The number of rotatable bonds is 3. The average Bonchev–Trinajstić information content (AvgIpc) is 2.56. The SMILES string of the molecule is O=C(CCl)OC(=O)CCl.c1ccc(-c2ccccc2)cc1. The molecule has 0 saturated heterocycles. The number of hydrogen-bond donors (Lipinski definition) is 0. The molecule has 0 atom stereocenters. The molecule has 21 heavy (non-hydrogen) atoms. The third-order valence-electron chi connectivity index (χ3n) is 2.33. The summed E-state index contributed by atoms with van der Waals surface area (Å²) in [5.41, 5.74) is 2.55. The van der Waals surface area contributed by atoms with Gasteiger partial charge in [0, 0.05) is 0 Å². The van der Waals surface area contributed by atoms with Gasteiger partial charge in [0.15, 0.2) is 0 Å². The maximum absolute atomic E-state index is 10.1. The quantitative estimate of drug-likeness (QED) is 0.488. The summed E-state index contributed by atoms with van der Waals surface area (Å²) in [7, 11) is 0. The van der Waals surface area contributed by atoms with Gasteiger partial charge in [-0.2, -0.15) is 0 Å². The largest absolute Gasteiger partial charge is 0.391 e. The number of carbonyl (C=O) groups excluding carboxylic acids is 2. The minimum atomic E-state index is -0.776. The van der Waals surface area contributed by atoms with Crippen LogP contribution in [0.4, 0.5) is 0 Å². The lowest BCUT2D eigenvalue weighted by atomic mass is 10.1. The highest BCUT2D eigenvalue weighted by atomic mass is 35.5. The minimum Gasteiger partial charge on any atom is -0.391 e. The highest BCUT2D eigenvalue weighted by Gasteiger charge is 2.05. The van der Waals surface area contributed by atoms with Crippen LogP contribution in [-0.4, -0.2) is 23.7 Å². The summed E-state index contributed by atoms with van der Waals surface area (Å²) < 4.78 is 4.01. The molecule has 0 spiro atoms. The van der Waals surface area contributed by atoms with Gasteiger partial charge in [0.25, 0.3) is 0 Å². The summed E-state index contributed by atoms with van der Waals surface area (Å²) >= 11 is 9.97. The van der Waals surface area contributed by atoms with Gasteiger partial charge in [-0.15, -0.1) is 23.2 Å². The van der Waals surface area contributed by atoms with Crippen LogP contribution < -0.4 is 0 Å². The first kappa shape index (κ1) is 17.2. The normalized spacial score (nSPS) is 9.24. The molecule has 0 N–H and O–H groups in total. The van der Waals surface area contributed by atoms with E-state index in [0.717, 1.165) is 0 Å². The van der Waals surface area contributed by atoms with Crippen molar-refractivity contribution >= 4 is 35.1 Å². The Labute approximate surface area is 133 Å². The Morgan fingerprint density at radius 1 is 0.714 bits per heavy atom. The van der Waals surface area contributed by atoms with Gasteiger partial charge in [-0.3, -0.25) is 9.59 Å². The number of halogens is 2. The number of esters is 2. The van der Waals surface area contributed by atoms with Crippen LogP contribution in [0.3, 0.4) is 0 Å². The summed E-state index contributed by atoms with van der Waals surface area (Å²) in [6.07, 6.45) is 0. The van der Waals surface area contributed by atoms with Gasteiger partial charge in [0.2, 0.25) is 0 Å². The van der Waals surface area contributed by atoms with Gasteiger partial charge < -0.3 is 4.74 Å². The van der Waals surface area contributed by atoms with Gasteiger partial charge >= 0.3 is 11.9 Å². The molecule has 0 aliphatic rings. The topological polar surface area (TPSA) is 43.4 Å². The summed E-state index contributed by atoms with van der Waals surface area (Å²) in [4.78, 5) is 20.3. The first-order valence-corrected chi connectivity index (χ1v) is 7.20. The molecule has 3 nitrogen and oxygen atoms in total. The molecule has 0 heterocycles. The van der Waals surface area contributed by atoms with Crippen molar-refractivity contribution in [2.45, 2.75) is 0 Å². The molecule has 110 valence electrons. The van der Waals surface area contributed by atoms with Crippen LogP contribution in [0.2, 0.25) is 0 Å². The fourth-order valence-electron chi connectivity index (χ4n) is 1.44. The Morgan fingerprint density at radius 3 is 1.33 bits per heavy atom. The summed E-state index contributed by atoms with van der Waals surface area (Å²) in [5.74, 6) is -2.21. The van der Waals surface area contributed by atoms with Crippen molar-refractivity contribution in [3.05, 3.63) is 60.7 Å². The Hall–Kier alpha value is -1.84. The van der Waals surface area contributed by atoms with E-state index in [0.29, 0.717) is 0 Å². The number of benzene rings is 2. The summed E-state index contributed by atoms with van der Waals surface area (Å²) in [6, 6.07) is 20.8. The number of hydrogen-bond acceptors (Lipinski definition) is 3. The van der Waals surface area contributed by atoms with Gasteiger partial charge in [-0.25, -0.2) is 0 Å². The van der Waals surface area contributed by atoms with Crippen molar-refractivity contribution in [2.75, 3.05) is 11.8 Å². The van der Waals surface area contributed by atoms with Gasteiger partial charge in [-0.1, -0.05) is 60.7 Å². The first-order chi connectivity index (χ1) is 10.2. The molecule has 0 fully saturated rings. The second kappa shape index (κ2) is 9.97. The van der Waals surface area contributed by atoms with Gasteiger partial charge in [0.1, 0.15) is 11.8 Å². The third kappa shape index (κ3) is 6.93. The molecule has 2 rings (SSSR count). The van der Waals surface area contributed by atoms with E-state index >= 15 is 0 Å². The van der Waals surface area contributed by atoms with Crippen molar-refractivity contribution in [1.29, 1.82) is 0 Å². The van der Waals surface area contributed by atoms with Crippen LogP contribution in [0.15, 0.2) is 60.7 Å². The molecule has 5 heteroatoms. The Morgan fingerprint density at radius 2 is 1.05 bits per heavy atom. The predicted molar refractivity (Wildman–Crippen MR) is 84.4 cm³/mol. The second-order valence-corrected chi connectivity index (χ2v) is 4.38. The first-order valence-electron chi connectivity index (χ1n) is 6.13. The lowest BCUT2D eigenvalue weighted by Gasteiger charge is -1.98. The van der Waals surface area contributed by atoms with Gasteiger partial charge in [0.05, 0.1) is 0 Å². The van der Waals surface area contributed by atoms with Crippen molar-refractivity contribution in [2.24, 2.45) is 0 Å². The molecule has 2 aromatic rings. The molecular formula is C16H14Cl2O3. The Kier molecular flexibility index (Phi) is 8.17. The molecule has 0 aliphatic heterocycles. The highest BCUT2D eigenvalue weighted by Crippen LogP contribution is 2.17. The number of ether oxygens (including phenoxy) is 1. The van der Waals surface area contributed by atoms with Crippen LogP contribution in [0.5, 0.6) is 0 Å². The van der Waals surface area contributed by atoms with E-state index in [2.05, 4.69) is 53.3 Å². The van der Waals surface area contributed by atoms with Crippen molar-refractivity contribution < 1.29 is 14.3 Å². The van der Waals surface area contributed by atoms with E-state index < -0.39 is 11.9 Å². The zero-order chi connectivity index (χ0) is 15.5. The Balaban J connectivity index is 0.000000222. The van der Waals surface area contributed by atoms with Crippen LogP contribution in [0.25, 0.3) is 11.1 Å². The van der Waals surface area contributed by atoms with Crippen molar-refractivity contribution in [1.82, 2.24) is 0 Å². The molecule has 0 unspecified atom stereocenters. The summed E-state index contributed by atoms with van der Waals surface area (Å²) in [6.45, 7) is 0. The van der Waals surface area contributed by atoms with Crippen LogP contribution >= 0.6 is 23.2 Å². The molecule has 2 aromatic carbocycles. The monoisotopic (exact) mass is 324 g/mol. The van der Waals surface area contributed by atoms with E-state index in [4.69, 9.17) is 23.2 Å². The molecule has 0 bridgehead atoms. The smallest absolute Gasteiger partial charge is 0.328 e. The molecule has 0 aromatic heterocycles. The fraction of sp³-hybridized carbons (Fsp3) is 0.125. The predicted octanol–water partition coefficient (Wildman–Crippen LogP) is 3.89. The van der Waals surface area contributed by atoms with Crippen LogP contribution in [0, 0.1) is 0 Å². The standard InChI is InChI=1S/C12H10.C4H4Cl2O3/c1-3-7-11(8-4-1)12-9-5-2-6-10-12;5-1-3(7)9-4(8)2-6/h1-10H;1-2H2. The zero-order valence-electron chi connectivity index (χ0n) is 11.2. The van der Waals surface area contributed by atoms with Crippen molar-refractivity contribution in [3.8, 4) is 11.1 Å². The highest BCUT2D eigenvalue weighted by molar-refractivity contribution is 6.29. The molecule has 0 aliphatic carbocycles. The van der Waals surface area contributed by atoms with Crippen LogP contribution in [0.1, 0.15) is 0 Å². The van der Waals surface area contributed by atoms with E-state index in [9.17, 15) is 9.59 Å². The molecule has 0 radical (unpaired) electrons. The lowest BCUT2D eigenvalue weighted by Crippen LogP contribution is -2.13. The third-order valence-corrected chi connectivity index (χ3v) is 2.76. The maximum atomic E-state index is 10.1. The summed E-state index contributed by atoms with van der Waals surface area (Å²) in [5, 5.41) is 0. The van der Waals surface area contributed by atoms with E-state index in [1.54, 1.807) is 0 Å². The maximum Gasteiger partial charge on any atom is 0.328 e. The fourth-order valence-corrected chi connectivity index (χ4v) is 1.55. The second-order valence-electron chi connectivity index (χ2n) is 3.85. The number of carbonyl (C=O) groups is 2. The molecule has 0 saturated carbocycles. The van der Waals surface area contributed by atoms with Crippen molar-refractivity contribution in [3.63, 3.8) is 0 Å². The van der Waals surface area contributed by atoms with Crippen LogP contribution in [-0.2, 0) is 14.3 Å². The van der Waals surface area contributed by atoms with E-state index in [1.807, 2.05) is 12.1 Å². The van der Waals surface area contributed by atoms with E-state index in [1.165, 1.54) is 11.1 Å². The average molecular weight is 325 g/mol. The molecular weight excluding hydrogens is 311 g/mol. The van der Waals surface area contributed by atoms with Gasteiger partial charge in [-0.05, 0) is 11.1 Å². The Bertz CT molecular complexity index is 505. The lowest BCUT2D eigenvalue weighted by molar-refractivity contribution is -0.155. The molecule has 0 amide bonds. The number of alkyl halides is 2. The minimum absolute atomic E-state index is 0.331. The zero-order valence-corrected chi connectivity index (χ0v) is 12.7.